The van der Waals surface area contributed by atoms with Crippen LogP contribution in [0.5, 0.6) is 0 Å². The van der Waals surface area contributed by atoms with Crippen LogP contribution < -0.4 is 0 Å². The van der Waals surface area contributed by atoms with Crippen molar-refractivity contribution in [3.63, 3.8) is 0 Å². The summed E-state index contributed by atoms with van der Waals surface area (Å²) < 4.78 is 5.61. The number of carbonyl (C=O) groups excluding carboxylic acids is 1. The first-order valence-corrected chi connectivity index (χ1v) is 11.6. The zero-order valence-corrected chi connectivity index (χ0v) is 18.5. The molecule has 3 aliphatic heterocycles. The van der Waals surface area contributed by atoms with Crippen molar-refractivity contribution >= 4 is 12.1 Å². The van der Waals surface area contributed by atoms with Crippen molar-refractivity contribution in [2.24, 2.45) is 0 Å². The second kappa shape index (κ2) is 11.8. The van der Waals surface area contributed by atoms with Crippen LogP contribution in [-0.4, -0.2) is 139 Å². The van der Waals surface area contributed by atoms with E-state index >= 15 is 0 Å². The van der Waals surface area contributed by atoms with Crippen LogP contribution in [0.3, 0.4) is 0 Å². The van der Waals surface area contributed by atoms with Gasteiger partial charge in [0.2, 0.25) is 0 Å². The number of carbonyl (C=O) groups is 2. The first-order valence-electron chi connectivity index (χ1n) is 11.6. The highest BCUT2D eigenvalue weighted by atomic mass is 16.6. The average molecular weight is 426 g/mol. The van der Waals surface area contributed by atoms with Gasteiger partial charge in [0.25, 0.3) is 0 Å². The molecule has 1 unspecified atom stereocenters. The third-order valence-corrected chi connectivity index (χ3v) is 6.56. The monoisotopic (exact) mass is 425 g/mol. The molecule has 0 bridgehead atoms. The quantitative estimate of drug-likeness (QED) is 0.507. The van der Waals surface area contributed by atoms with E-state index in [-0.39, 0.29) is 18.6 Å². The molecule has 0 aromatic heterocycles. The number of ether oxygens (including phenoxy) is 1. The lowest BCUT2D eigenvalue weighted by atomic mass is 10.2. The van der Waals surface area contributed by atoms with Crippen molar-refractivity contribution in [2.75, 3.05) is 91.6 Å². The van der Waals surface area contributed by atoms with Gasteiger partial charge in [0.05, 0.1) is 6.54 Å². The summed E-state index contributed by atoms with van der Waals surface area (Å²) >= 11 is 0. The first kappa shape index (κ1) is 23.2. The number of hydrogen-bond acceptors (Lipinski definition) is 7. The van der Waals surface area contributed by atoms with Gasteiger partial charge in [-0.1, -0.05) is 6.92 Å². The van der Waals surface area contributed by atoms with Crippen molar-refractivity contribution in [2.45, 2.75) is 32.3 Å². The molecule has 0 aromatic carbocycles. The Balaban J connectivity index is 1.27. The van der Waals surface area contributed by atoms with Gasteiger partial charge in [-0.25, -0.2) is 4.79 Å². The van der Waals surface area contributed by atoms with Crippen LogP contribution in [0.4, 0.5) is 4.79 Å². The number of nitrogens with zero attached hydrogens (tertiary/aromatic N) is 5. The largest absolute Gasteiger partial charge is 0.481 e. The lowest BCUT2D eigenvalue weighted by Crippen LogP contribution is -2.49. The van der Waals surface area contributed by atoms with Crippen molar-refractivity contribution in [3.8, 4) is 0 Å². The fourth-order valence-electron chi connectivity index (χ4n) is 4.60. The van der Waals surface area contributed by atoms with Crippen LogP contribution in [0.25, 0.3) is 0 Å². The molecule has 0 aliphatic carbocycles. The third-order valence-electron chi connectivity index (χ3n) is 6.56. The molecule has 9 heteroatoms. The SMILES string of the molecule is CCN1CCN(CCCN2CC(CN3CCN(CCCC(=O)O)CC3)OC2=O)CC1. The van der Waals surface area contributed by atoms with Crippen molar-refractivity contribution < 1.29 is 19.4 Å². The van der Waals surface area contributed by atoms with E-state index in [1.807, 2.05) is 4.90 Å². The Hall–Kier alpha value is -1.42. The predicted molar refractivity (Wildman–Crippen MR) is 115 cm³/mol. The van der Waals surface area contributed by atoms with Crippen molar-refractivity contribution in [1.29, 1.82) is 0 Å². The van der Waals surface area contributed by atoms with E-state index in [4.69, 9.17) is 9.84 Å². The summed E-state index contributed by atoms with van der Waals surface area (Å²) in [6, 6.07) is 0. The van der Waals surface area contributed by atoms with Crippen molar-refractivity contribution in [3.05, 3.63) is 0 Å². The molecule has 9 nitrogen and oxygen atoms in total. The molecule has 3 fully saturated rings. The van der Waals surface area contributed by atoms with E-state index in [1.54, 1.807) is 0 Å². The van der Waals surface area contributed by atoms with Gasteiger partial charge in [-0.15, -0.1) is 0 Å². The summed E-state index contributed by atoms with van der Waals surface area (Å²) in [5.41, 5.74) is 0. The van der Waals surface area contributed by atoms with E-state index in [1.165, 1.54) is 0 Å². The molecule has 1 amide bonds. The minimum absolute atomic E-state index is 0.0378. The van der Waals surface area contributed by atoms with E-state index in [0.717, 1.165) is 91.5 Å². The summed E-state index contributed by atoms with van der Waals surface area (Å²) in [5, 5.41) is 8.75. The summed E-state index contributed by atoms with van der Waals surface area (Å²) in [6.07, 6.45) is 1.75. The summed E-state index contributed by atoms with van der Waals surface area (Å²) in [4.78, 5) is 34.4. The molecule has 30 heavy (non-hydrogen) atoms. The van der Waals surface area contributed by atoms with E-state index < -0.39 is 5.97 Å². The maximum absolute atomic E-state index is 12.2. The van der Waals surface area contributed by atoms with E-state index in [2.05, 4.69) is 26.5 Å². The summed E-state index contributed by atoms with van der Waals surface area (Å²) in [5.74, 6) is -0.722. The topological polar surface area (TPSA) is 79.8 Å². The molecule has 3 aliphatic rings. The number of rotatable bonds is 11. The van der Waals surface area contributed by atoms with Crippen LogP contribution in [-0.2, 0) is 9.53 Å². The Morgan fingerprint density at radius 3 is 2.07 bits per heavy atom. The van der Waals surface area contributed by atoms with Gasteiger partial charge in [0.15, 0.2) is 0 Å². The van der Waals surface area contributed by atoms with Gasteiger partial charge in [0.1, 0.15) is 6.10 Å². The molecular weight excluding hydrogens is 386 g/mol. The molecule has 172 valence electrons. The van der Waals surface area contributed by atoms with Gasteiger partial charge < -0.3 is 29.4 Å². The number of carboxylic acid groups (broad SMARTS) is 1. The highest BCUT2D eigenvalue weighted by Gasteiger charge is 2.32. The van der Waals surface area contributed by atoms with Crippen LogP contribution in [0.2, 0.25) is 0 Å². The Labute approximate surface area is 180 Å². The number of carboxylic acids is 1. The highest BCUT2D eigenvalue weighted by Crippen LogP contribution is 2.15. The van der Waals surface area contributed by atoms with Crippen molar-refractivity contribution in [1.82, 2.24) is 24.5 Å². The van der Waals surface area contributed by atoms with Crippen LogP contribution in [0.1, 0.15) is 26.2 Å². The van der Waals surface area contributed by atoms with Crippen LogP contribution in [0, 0.1) is 0 Å². The molecule has 0 saturated carbocycles. The molecular formula is C21H39N5O4. The Bertz CT molecular complexity index is 548. The standard InChI is InChI=1S/C21H39N5O4/c1-2-22-9-11-24(12-10-22)7-4-8-26-18-19(30-21(26)29)17-25-15-13-23(14-16-25)6-3-5-20(27)28/h19H,2-18H2,1H3,(H,27,28). The zero-order chi connectivity index (χ0) is 21.3. The maximum Gasteiger partial charge on any atom is 0.410 e. The second-order valence-electron chi connectivity index (χ2n) is 8.72. The molecule has 0 radical (unpaired) electrons. The fraction of sp³-hybridized carbons (Fsp3) is 0.905. The molecule has 3 saturated heterocycles. The molecule has 1 N–H and O–H groups in total. The highest BCUT2D eigenvalue weighted by molar-refractivity contribution is 5.69. The summed E-state index contributed by atoms with van der Waals surface area (Å²) in [6.45, 7) is 15.9. The lowest BCUT2D eigenvalue weighted by molar-refractivity contribution is -0.137. The van der Waals surface area contributed by atoms with Gasteiger partial charge in [0, 0.05) is 71.9 Å². The smallest absolute Gasteiger partial charge is 0.410 e. The normalized spacial score (nSPS) is 25.0. The molecule has 3 rings (SSSR count). The Kier molecular flexibility index (Phi) is 9.17. The average Bonchev–Trinajstić information content (AvgIpc) is 3.08. The number of hydrogen-bond donors (Lipinski definition) is 1. The number of aliphatic carboxylic acids is 1. The van der Waals surface area contributed by atoms with Gasteiger partial charge >= 0.3 is 12.1 Å². The Morgan fingerprint density at radius 1 is 0.900 bits per heavy atom. The fourth-order valence-corrected chi connectivity index (χ4v) is 4.60. The van der Waals surface area contributed by atoms with Crippen LogP contribution >= 0.6 is 0 Å². The minimum Gasteiger partial charge on any atom is -0.481 e. The van der Waals surface area contributed by atoms with Crippen LogP contribution in [0.15, 0.2) is 0 Å². The van der Waals surface area contributed by atoms with E-state index in [0.29, 0.717) is 13.0 Å². The Morgan fingerprint density at radius 2 is 1.47 bits per heavy atom. The maximum atomic E-state index is 12.2. The number of piperazine rings is 2. The van der Waals surface area contributed by atoms with Gasteiger partial charge in [-0.2, -0.15) is 0 Å². The molecule has 0 aromatic rings. The first-order chi connectivity index (χ1) is 14.5. The lowest BCUT2D eigenvalue weighted by Gasteiger charge is -2.35. The predicted octanol–water partition coefficient (Wildman–Crippen LogP) is 0.317. The zero-order valence-electron chi connectivity index (χ0n) is 18.5. The number of amides is 1. The minimum atomic E-state index is -0.722. The van der Waals surface area contributed by atoms with Gasteiger partial charge in [-0.05, 0) is 32.5 Å². The second-order valence-corrected chi connectivity index (χ2v) is 8.72. The third kappa shape index (κ3) is 7.37. The molecule has 0 spiro atoms. The number of cyclic esters (lactones) is 1. The molecule has 3 heterocycles. The number of likely N-dealkylation sites (N-methyl/N-ethyl adjacent to an activating group) is 1. The van der Waals surface area contributed by atoms with E-state index in [9.17, 15) is 9.59 Å². The summed E-state index contributed by atoms with van der Waals surface area (Å²) in [7, 11) is 0. The van der Waals surface area contributed by atoms with Gasteiger partial charge in [-0.3, -0.25) is 9.69 Å². The molecule has 1 atom stereocenters.